The van der Waals surface area contributed by atoms with E-state index in [1.54, 1.807) is 28.8 Å². The lowest BCUT2D eigenvalue weighted by Crippen LogP contribution is -2.50. The van der Waals surface area contributed by atoms with Crippen LogP contribution in [0.1, 0.15) is 24.1 Å². The highest BCUT2D eigenvalue weighted by atomic mass is 35.5. The van der Waals surface area contributed by atoms with E-state index in [-0.39, 0.29) is 0 Å². The number of rotatable bonds is 7. The lowest BCUT2D eigenvalue weighted by molar-refractivity contribution is -0.114. The van der Waals surface area contributed by atoms with Crippen LogP contribution < -0.4 is 4.72 Å². The van der Waals surface area contributed by atoms with Gasteiger partial charge in [0, 0.05) is 48.4 Å². The third-order valence-electron chi connectivity index (χ3n) is 6.14. The van der Waals surface area contributed by atoms with Gasteiger partial charge < -0.3 is 9.67 Å². The third-order valence-corrected chi connectivity index (χ3v) is 7.99. The van der Waals surface area contributed by atoms with Gasteiger partial charge in [0.2, 0.25) is 0 Å². The van der Waals surface area contributed by atoms with Crippen LogP contribution in [0.5, 0.6) is 0 Å². The number of benzene rings is 1. The van der Waals surface area contributed by atoms with Gasteiger partial charge in [-0.15, -0.1) is 6.58 Å². The molecule has 0 bridgehead atoms. The molecule has 0 radical (unpaired) electrons. The molecule has 1 aliphatic heterocycles. The molecular formula is C24H28ClN5O4S. The number of amides is 1. The van der Waals surface area contributed by atoms with E-state index in [4.69, 9.17) is 11.6 Å². The molecule has 2 aromatic heterocycles. The van der Waals surface area contributed by atoms with Crippen LogP contribution in [-0.4, -0.2) is 63.2 Å². The van der Waals surface area contributed by atoms with Crippen molar-refractivity contribution in [1.29, 1.82) is 0 Å². The van der Waals surface area contributed by atoms with E-state index in [1.165, 1.54) is 12.2 Å². The summed E-state index contributed by atoms with van der Waals surface area (Å²) in [5, 5.41) is 14.7. The first-order valence-corrected chi connectivity index (χ1v) is 13.1. The number of aliphatic hydroxyl groups excluding tert-OH is 1. The van der Waals surface area contributed by atoms with Crippen LogP contribution >= 0.6 is 11.6 Å². The summed E-state index contributed by atoms with van der Waals surface area (Å²) in [4.78, 5) is 14.3. The van der Waals surface area contributed by atoms with Gasteiger partial charge >= 0.3 is 0 Å². The second kappa shape index (κ2) is 9.98. The van der Waals surface area contributed by atoms with Gasteiger partial charge in [-0.25, -0.2) is 13.1 Å². The Bertz CT molecular complexity index is 1400. The quantitative estimate of drug-likeness (QED) is 0.368. The van der Waals surface area contributed by atoms with Crippen molar-refractivity contribution in [1.82, 2.24) is 24.0 Å². The van der Waals surface area contributed by atoms with Crippen LogP contribution in [0.2, 0.25) is 5.02 Å². The molecule has 1 saturated heterocycles. The van der Waals surface area contributed by atoms with Gasteiger partial charge in [-0.05, 0) is 50.1 Å². The molecule has 1 fully saturated rings. The smallest absolute Gasteiger partial charge is 0.257 e. The minimum atomic E-state index is -4.05. The van der Waals surface area contributed by atoms with Crippen molar-refractivity contribution < 1.29 is 18.3 Å². The number of nitrogens with one attached hydrogen (secondary N) is 1. The van der Waals surface area contributed by atoms with Crippen molar-refractivity contribution in [3.8, 4) is 5.82 Å². The van der Waals surface area contributed by atoms with E-state index in [2.05, 4.69) is 16.4 Å². The number of carbonyl (C=O) groups is 1. The van der Waals surface area contributed by atoms with Gasteiger partial charge in [-0.3, -0.25) is 14.4 Å². The number of hydrogen-bond acceptors (Lipinski definition) is 6. The predicted octanol–water partition coefficient (Wildman–Crippen LogP) is 2.75. The summed E-state index contributed by atoms with van der Waals surface area (Å²) in [6.45, 7) is 6.25. The van der Waals surface area contributed by atoms with E-state index < -0.39 is 27.4 Å². The molecule has 1 atom stereocenters. The van der Waals surface area contributed by atoms with Gasteiger partial charge in [0.25, 0.3) is 15.9 Å². The van der Waals surface area contributed by atoms with E-state index in [1.807, 2.05) is 35.9 Å². The Morgan fingerprint density at radius 3 is 2.71 bits per heavy atom. The summed E-state index contributed by atoms with van der Waals surface area (Å²) < 4.78 is 31.6. The fraction of sp³-hybridized carbons (Fsp3) is 0.333. The number of carbonyl (C=O) groups excluding carboxylic acids is 1. The average Bonchev–Trinajstić information content (AvgIpc) is 3.32. The highest BCUT2D eigenvalue weighted by molar-refractivity contribution is 7.90. The van der Waals surface area contributed by atoms with Crippen molar-refractivity contribution in [2.24, 2.45) is 7.05 Å². The number of fused-ring (bicyclic) bond motifs is 1. The van der Waals surface area contributed by atoms with Crippen molar-refractivity contribution in [2.45, 2.75) is 31.2 Å². The second-order valence-electron chi connectivity index (χ2n) is 8.57. The molecule has 3 aromatic rings. The maximum atomic E-state index is 12.9. The van der Waals surface area contributed by atoms with E-state index >= 15 is 0 Å². The Hall–Kier alpha value is -2.92. The zero-order valence-corrected chi connectivity index (χ0v) is 21.1. The summed E-state index contributed by atoms with van der Waals surface area (Å²) in [6.07, 6.45) is 6.43. The molecule has 4 rings (SSSR count). The van der Waals surface area contributed by atoms with Crippen LogP contribution in [0.15, 0.2) is 49.2 Å². The number of piperidine rings is 1. The summed E-state index contributed by atoms with van der Waals surface area (Å²) in [6, 6.07) is 7.51. The highest BCUT2D eigenvalue weighted by Crippen LogP contribution is 2.27. The van der Waals surface area contributed by atoms with Crippen molar-refractivity contribution in [3.05, 3.63) is 65.5 Å². The molecular weight excluding hydrogens is 490 g/mol. The molecule has 0 spiro atoms. The molecule has 1 aromatic carbocycles. The molecule has 11 heteroatoms. The molecule has 0 aliphatic carbocycles. The molecule has 3 heterocycles. The summed E-state index contributed by atoms with van der Waals surface area (Å²) in [7, 11) is -2.25. The number of likely N-dealkylation sites (tertiary alicyclic amines) is 1. The van der Waals surface area contributed by atoms with E-state index in [9.17, 15) is 18.3 Å². The monoisotopic (exact) mass is 517 g/mol. The van der Waals surface area contributed by atoms with Gasteiger partial charge in [0.05, 0.1) is 17.3 Å². The SMILES string of the molecule is C=CC(N1CCC(O)CC1)S(=O)(=O)NC(=O)/C=C/c1c(C)nn(C)c1-n1ccc2cc(Cl)ccc21. The van der Waals surface area contributed by atoms with Crippen molar-refractivity contribution in [2.75, 3.05) is 13.1 Å². The molecule has 35 heavy (non-hydrogen) atoms. The van der Waals surface area contributed by atoms with Crippen LogP contribution in [-0.2, 0) is 21.9 Å². The Morgan fingerprint density at radius 2 is 2.03 bits per heavy atom. The topological polar surface area (TPSA) is 109 Å². The zero-order valence-electron chi connectivity index (χ0n) is 19.6. The van der Waals surface area contributed by atoms with Gasteiger partial charge in [0.15, 0.2) is 5.37 Å². The van der Waals surface area contributed by atoms with Crippen LogP contribution in [0.3, 0.4) is 0 Å². The minimum absolute atomic E-state index is 0.400. The Kier molecular flexibility index (Phi) is 7.18. The predicted molar refractivity (Wildman–Crippen MR) is 137 cm³/mol. The summed E-state index contributed by atoms with van der Waals surface area (Å²) in [5.74, 6) is -0.0465. The summed E-state index contributed by atoms with van der Waals surface area (Å²) >= 11 is 6.11. The van der Waals surface area contributed by atoms with Crippen molar-refractivity contribution in [3.63, 3.8) is 0 Å². The standard InChI is InChI=1S/C24H28ClN5O4S/c1-4-23(29-12-10-19(31)11-13-29)35(33,34)27-22(32)8-6-20-16(2)26-28(3)24(20)30-14-9-17-15-18(25)5-7-21(17)30/h4-9,14-15,19,23,31H,1,10-13H2,2-3H3,(H,27,32)/b8-6+. The first-order valence-electron chi connectivity index (χ1n) is 11.2. The van der Waals surface area contributed by atoms with E-state index in [0.29, 0.717) is 42.2 Å². The number of aliphatic hydroxyl groups is 1. The number of nitrogens with zero attached hydrogens (tertiary/aromatic N) is 4. The molecule has 1 amide bonds. The largest absolute Gasteiger partial charge is 0.393 e. The van der Waals surface area contributed by atoms with E-state index in [0.717, 1.165) is 16.7 Å². The molecule has 9 nitrogen and oxygen atoms in total. The van der Waals surface area contributed by atoms with Gasteiger partial charge in [-0.1, -0.05) is 17.7 Å². The van der Waals surface area contributed by atoms with Gasteiger partial charge in [0.1, 0.15) is 5.82 Å². The number of sulfonamides is 1. The molecule has 1 aliphatic rings. The number of aryl methyl sites for hydroxylation is 2. The molecule has 0 saturated carbocycles. The minimum Gasteiger partial charge on any atom is -0.393 e. The lowest BCUT2D eigenvalue weighted by Gasteiger charge is -2.33. The van der Waals surface area contributed by atoms with Crippen molar-refractivity contribution >= 4 is 44.5 Å². The first kappa shape index (κ1) is 25.2. The molecule has 2 N–H and O–H groups in total. The Labute approximate surface area is 209 Å². The normalized spacial score (nSPS) is 16.7. The Morgan fingerprint density at radius 1 is 1.31 bits per heavy atom. The first-order chi connectivity index (χ1) is 16.6. The average molecular weight is 518 g/mol. The van der Waals surface area contributed by atoms with Crippen LogP contribution in [0.25, 0.3) is 22.8 Å². The number of halogens is 1. The lowest BCUT2D eigenvalue weighted by atomic mass is 10.1. The fourth-order valence-electron chi connectivity index (χ4n) is 4.45. The number of aromatic nitrogens is 3. The zero-order chi connectivity index (χ0) is 25.3. The second-order valence-corrected chi connectivity index (χ2v) is 10.8. The molecule has 1 unspecified atom stereocenters. The maximum absolute atomic E-state index is 12.9. The molecule has 186 valence electrons. The third kappa shape index (κ3) is 5.20. The number of hydrogen-bond donors (Lipinski definition) is 2. The maximum Gasteiger partial charge on any atom is 0.257 e. The van der Waals surface area contributed by atoms with Crippen LogP contribution in [0.4, 0.5) is 0 Å². The van der Waals surface area contributed by atoms with Gasteiger partial charge in [-0.2, -0.15) is 5.10 Å². The Balaban J connectivity index is 1.57. The van der Waals surface area contributed by atoms with Crippen LogP contribution in [0, 0.1) is 6.92 Å². The fourth-order valence-corrected chi connectivity index (χ4v) is 5.95. The highest BCUT2D eigenvalue weighted by Gasteiger charge is 2.32. The summed E-state index contributed by atoms with van der Waals surface area (Å²) in [5.41, 5.74) is 2.28.